The van der Waals surface area contributed by atoms with Gasteiger partial charge in [0.1, 0.15) is 0 Å². The number of hydrogen-bond acceptors (Lipinski definition) is 2. The topological polar surface area (TPSA) is 72.2 Å². The van der Waals surface area contributed by atoms with E-state index >= 15 is 0 Å². The molecular weight excluding hydrogens is 264 g/mol. The Bertz CT molecular complexity index is 538. The highest BCUT2D eigenvalue weighted by molar-refractivity contribution is 6.31. The first-order chi connectivity index (χ1) is 8.90. The summed E-state index contributed by atoms with van der Waals surface area (Å²) in [6.45, 7) is 3.68. The van der Waals surface area contributed by atoms with Crippen molar-refractivity contribution in [2.45, 2.75) is 32.7 Å². The molecule has 102 valence electrons. The molecule has 3 N–H and O–H groups in total. The molecule has 0 saturated heterocycles. The summed E-state index contributed by atoms with van der Waals surface area (Å²) in [6.07, 6.45) is 2.28. The zero-order chi connectivity index (χ0) is 14.2. The van der Waals surface area contributed by atoms with Crippen molar-refractivity contribution in [2.75, 3.05) is 0 Å². The summed E-state index contributed by atoms with van der Waals surface area (Å²) in [6, 6.07) is 3.22. The number of halogens is 1. The predicted octanol–water partition coefficient (Wildman–Crippen LogP) is 2.28. The smallest absolute Gasteiger partial charge is 0.252 e. The second-order valence-corrected chi connectivity index (χ2v) is 5.55. The Kier molecular flexibility index (Phi) is 3.80. The third kappa shape index (κ3) is 3.07. The number of benzene rings is 1. The van der Waals surface area contributed by atoms with E-state index in [2.05, 4.69) is 5.32 Å². The van der Waals surface area contributed by atoms with Crippen LogP contribution < -0.4 is 11.1 Å². The fourth-order valence-electron chi connectivity index (χ4n) is 2.25. The summed E-state index contributed by atoms with van der Waals surface area (Å²) in [7, 11) is 0. The van der Waals surface area contributed by atoms with Gasteiger partial charge in [-0.2, -0.15) is 0 Å². The number of rotatable bonds is 4. The molecule has 0 heterocycles. The fraction of sp³-hybridized carbons (Fsp3) is 0.429. The molecule has 0 radical (unpaired) electrons. The Balaban J connectivity index is 2.31. The minimum absolute atomic E-state index is 0.104. The van der Waals surface area contributed by atoms with Crippen LogP contribution in [0.1, 0.15) is 46.0 Å². The number of amides is 2. The van der Waals surface area contributed by atoms with Crippen LogP contribution in [-0.2, 0) is 0 Å². The Morgan fingerprint density at radius 3 is 2.58 bits per heavy atom. The van der Waals surface area contributed by atoms with E-state index in [-0.39, 0.29) is 23.1 Å². The molecule has 1 aromatic carbocycles. The van der Waals surface area contributed by atoms with E-state index in [1.54, 1.807) is 13.0 Å². The molecule has 0 bridgehead atoms. The van der Waals surface area contributed by atoms with Gasteiger partial charge < -0.3 is 11.1 Å². The Hall–Kier alpha value is -1.55. The lowest BCUT2D eigenvalue weighted by Crippen LogP contribution is -2.35. The molecule has 1 atom stereocenters. The summed E-state index contributed by atoms with van der Waals surface area (Å²) < 4.78 is 0. The average molecular weight is 281 g/mol. The number of aryl methyl sites for hydroxylation is 1. The first kappa shape index (κ1) is 13.9. The van der Waals surface area contributed by atoms with Gasteiger partial charge in [-0.05, 0) is 50.3 Å². The first-order valence-corrected chi connectivity index (χ1v) is 6.68. The molecule has 1 aliphatic carbocycles. The van der Waals surface area contributed by atoms with Crippen LogP contribution in [0.2, 0.25) is 5.02 Å². The first-order valence-electron chi connectivity index (χ1n) is 6.31. The van der Waals surface area contributed by atoms with Gasteiger partial charge in [0.05, 0.1) is 11.1 Å². The van der Waals surface area contributed by atoms with Crippen LogP contribution in [-0.4, -0.2) is 17.9 Å². The van der Waals surface area contributed by atoms with Gasteiger partial charge in [-0.1, -0.05) is 11.6 Å². The van der Waals surface area contributed by atoms with Gasteiger partial charge >= 0.3 is 0 Å². The van der Waals surface area contributed by atoms with Crippen molar-refractivity contribution < 1.29 is 9.59 Å². The lowest BCUT2D eigenvalue weighted by atomic mass is 10.00. The molecule has 1 unspecified atom stereocenters. The zero-order valence-electron chi connectivity index (χ0n) is 11.0. The second-order valence-electron chi connectivity index (χ2n) is 5.11. The molecule has 2 rings (SSSR count). The largest absolute Gasteiger partial charge is 0.366 e. The maximum Gasteiger partial charge on any atom is 0.252 e. The van der Waals surface area contributed by atoms with Crippen molar-refractivity contribution in [2.24, 2.45) is 11.7 Å². The van der Waals surface area contributed by atoms with Crippen LogP contribution in [0.25, 0.3) is 0 Å². The fourth-order valence-corrected chi connectivity index (χ4v) is 2.52. The Morgan fingerprint density at radius 2 is 2.05 bits per heavy atom. The number of carbonyl (C=O) groups is 2. The van der Waals surface area contributed by atoms with E-state index < -0.39 is 5.91 Å². The maximum atomic E-state index is 12.2. The third-order valence-corrected chi connectivity index (χ3v) is 3.70. The molecule has 19 heavy (non-hydrogen) atoms. The summed E-state index contributed by atoms with van der Waals surface area (Å²) in [5.74, 6) is -0.363. The number of hydrogen-bond donors (Lipinski definition) is 2. The molecule has 0 aliphatic heterocycles. The van der Waals surface area contributed by atoms with E-state index in [9.17, 15) is 9.59 Å². The molecule has 1 aliphatic rings. The van der Waals surface area contributed by atoms with Crippen molar-refractivity contribution in [3.05, 3.63) is 33.8 Å². The minimum Gasteiger partial charge on any atom is -0.366 e. The maximum absolute atomic E-state index is 12.2. The molecule has 1 fully saturated rings. The minimum atomic E-state index is -0.613. The highest BCUT2D eigenvalue weighted by Crippen LogP contribution is 2.32. The van der Waals surface area contributed by atoms with Crippen LogP contribution in [0.3, 0.4) is 0 Å². The number of nitrogens with one attached hydrogen (secondary N) is 1. The summed E-state index contributed by atoms with van der Waals surface area (Å²) in [5, 5.41) is 3.33. The van der Waals surface area contributed by atoms with E-state index in [4.69, 9.17) is 17.3 Å². The van der Waals surface area contributed by atoms with Crippen LogP contribution in [0, 0.1) is 12.8 Å². The van der Waals surface area contributed by atoms with E-state index in [0.29, 0.717) is 16.5 Å². The summed E-state index contributed by atoms with van der Waals surface area (Å²) >= 11 is 5.95. The van der Waals surface area contributed by atoms with Gasteiger partial charge in [-0.25, -0.2) is 0 Å². The van der Waals surface area contributed by atoms with E-state index in [1.807, 2.05) is 6.92 Å². The van der Waals surface area contributed by atoms with Crippen LogP contribution >= 0.6 is 11.6 Å². The van der Waals surface area contributed by atoms with E-state index in [0.717, 1.165) is 12.8 Å². The lowest BCUT2D eigenvalue weighted by molar-refractivity contribution is 0.0921. The quantitative estimate of drug-likeness (QED) is 0.888. The van der Waals surface area contributed by atoms with Gasteiger partial charge in [-0.3, -0.25) is 9.59 Å². The van der Waals surface area contributed by atoms with Crippen LogP contribution in [0.15, 0.2) is 12.1 Å². The van der Waals surface area contributed by atoms with Gasteiger partial charge in [-0.15, -0.1) is 0 Å². The van der Waals surface area contributed by atoms with Gasteiger partial charge in [0.25, 0.3) is 5.91 Å². The van der Waals surface area contributed by atoms with Crippen molar-refractivity contribution in [1.82, 2.24) is 5.32 Å². The van der Waals surface area contributed by atoms with Crippen molar-refractivity contribution in [3.63, 3.8) is 0 Å². The molecule has 0 spiro atoms. The number of primary amides is 1. The van der Waals surface area contributed by atoms with Gasteiger partial charge in [0, 0.05) is 11.1 Å². The van der Waals surface area contributed by atoms with Crippen LogP contribution in [0.5, 0.6) is 0 Å². The monoisotopic (exact) mass is 280 g/mol. The van der Waals surface area contributed by atoms with Gasteiger partial charge in [0.15, 0.2) is 0 Å². The molecule has 2 amide bonds. The lowest BCUT2D eigenvalue weighted by Gasteiger charge is -2.15. The molecule has 0 aromatic heterocycles. The number of nitrogens with two attached hydrogens (primary N) is 1. The van der Waals surface area contributed by atoms with Crippen molar-refractivity contribution in [3.8, 4) is 0 Å². The zero-order valence-corrected chi connectivity index (χ0v) is 11.8. The van der Waals surface area contributed by atoms with Gasteiger partial charge in [0.2, 0.25) is 5.91 Å². The average Bonchev–Trinajstić information content (AvgIpc) is 3.10. The predicted molar refractivity (Wildman–Crippen MR) is 74.4 cm³/mol. The summed E-state index contributed by atoms with van der Waals surface area (Å²) in [4.78, 5) is 23.7. The molecule has 1 aromatic rings. The highest BCUT2D eigenvalue weighted by Gasteiger charge is 2.30. The number of carbonyl (C=O) groups excluding carboxylic acids is 2. The van der Waals surface area contributed by atoms with Crippen molar-refractivity contribution >= 4 is 23.4 Å². The normalized spacial score (nSPS) is 15.9. The summed E-state index contributed by atoms with van der Waals surface area (Å²) in [5.41, 5.74) is 6.45. The van der Waals surface area contributed by atoms with Crippen molar-refractivity contribution in [1.29, 1.82) is 0 Å². The molecular formula is C14H17ClN2O2. The second kappa shape index (κ2) is 5.21. The van der Waals surface area contributed by atoms with Crippen LogP contribution in [0.4, 0.5) is 0 Å². The Labute approximate surface area is 117 Å². The molecule has 5 heteroatoms. The standard InChI is InChI=1S/C14H17ClN2O2/c1-7-5-10(15)6-11(12(7)13(16)18)14(19)17-8(2)9-3-4-9/h5-6,8-9H,3-4H2,1-2H3,(H2,16,18)(H,17,19). The molecule has 4 nitrogen and oxygen atoms in total. The SMILES string of the molecule is Cc1cc(Cl)cc(C(=O)NC(C)C2CC2)c1C(N)=O. The highest BCUT2D eigenvalue weighted by atomic mass is 35.5. The third-order valence-electron chi connectivity index (χ3n) is 3.48. The van der Waals surface area contributed by atoms with E-state index in [1.165, 1.54) is 6.07 Å². The molecule has 1 saturated carbocycles. The Morgan fingerprint density at radius 1 is 1.42 bits per heavy atom.